The Morgan fingerprint density at radius 1 is 1.25 bits per heavy atom. The number of rotatable bonds is 4. The first-order valence-corrected chi connectivity index (χ1v) is 6.28. The lowest BCUT2D eigenvalue weighted by atomic mass is 10.1. The maximum absolute atomic E-state index is 5.28. The van der Waals surface area contributed by atoms with Gasteiger partial charge in [-0.05, 0) is 26.3 Å². The largest absolute Gasteiger partial charge is 0.355 e. The van der Waals surface area contributed by atoms with Crippen LogP contribution in [0.15, 0.2) is 0 Å². The Bertz CT molecular complexity index is 219. The van der Waals surface area contributed by atoms with Crippen LogP contribution in [0.25, 0.3) is 0 Å². The topological polar surface area (TPSA) is 24.9 Å². The number of nitrogens with zero attached hydrogens (tertiary/aromatic N) is 2. The molecule has 0 spiro atoms. The summed E-state index contributed by atoms with van der Waals surface area (Å²) in [5.74, 6) is 0. The molecule has 2 unspecified atom stereocenters. The van der Waals surface area contributed by atoms with Crippen molar-refractivity contribution in [2.24, 2.45) is 0 Å². The van der Waals surface area contributed by atoms with Crippen LogP contribution in [0.4, 0.5) is 0 Å². The molecule has 2 aliphatic heterocycles. The van der Waals surface area contributed by atoms with Crippen LogP contribution >= 0.6 is 0 Å². The molecule has 0 amide bonds. The highest BCUT2D eigenvalue weighted by atomic mass is 16.7. The van der Waals surface area contributed by atoms with E-state index >= 15 is 0 Å². The van der Waals surface area contributed by atoms with Crippen LogP contribution in [0, 0.1) is 0 Å². The molecule has 0 aromatic heterocycles. The standard InChI is InChI=1S/C12H24N2O2/c1-10-7-13-6-4-5-11(13)8-14(10)9-12(15-2)16-3/h10-12H,4-9H2,1-3H3. The van der Waals surface area contributed by atoms with Crippen LogP contribution in [0.5, 0.6) is 0 Å². The minimum Gasteiger partial charge on any atom is -0.355 e. The molecule has 2 rings (SSSR count). The number of ether oxygens (including phenoxy) is 2. The summed E-state index contributed by atoms with van der Waals surface area (Å²) in [6.45, 7) is 6.85. The molecule has 2 aliphatic rings. The summed E-state index contributed by atoms with van der Waals surface area (Å²) in [5, 5.41) is 0. The predicted molar refractivity (Wildman–Crippen MR) is 63.4 cm³/mol. The number of fused-ring (bicyclic) bond motifs is 1. The van der Waals surface area contributed by atoms with E-state index in [1.54, 1.807) is 14.2 Å². The van der Waals surface area contributed by atoms with Gasteiger partial charge in [0.1, 0.15) is 0 Å². The quantitative estimate of drug-likeness (QED) is 0.664. The Balaban J connectivity index is 1.89. The van der Waals surface area contributed by atoms with Gasteiger partial charge in [-0.15, -0.1) is 0 Å². The average Bonchev–Trinajstić information content (AvgIpc) is 2.72. The molecule has 0 aromatic rings. The van der Waals surface area contributed by atoms with E-state index in [0.29, 0.717) is 6.04 Å². The molecule has 16 heavy (non-hydrogen) atoms. The van der Waals surface area contributed by atoms with Crippen molar-refractivity contribution in [2.75, 3.05) is 40.4 Å². The fraction of sp³-hybridized carbons (Fsp3) is 1.00. The van der Waals surface area contributed by atoms with Gasteiger partial charge in [-0.2, -0.15) is 0 Å². The summed E-state index contributed by atoms with van der Waals surface area (Å²) in [6, 6.07) is 1.38. The highest BCUT2D eigenvalue weighted by molar-refractivity contribution is 4.90. The molecule has 4 heteroatoms. The number of methoxy groups -OCH3 is 2. The van der Waals surface area contributed by atoms with Crippen molar-refractivity contribution in [1.82, 2.24) is 9.80 Å². The van der Waals surface area contributed by atoms with E-state index in [1.165, 1.54) is 32.5 Å². The van der Waals surface area contributed by atoms with Crippen LogP contribution in [-0.4, -0.2) is 68.6 Å². The smallest absolute Gasteiger partial charge is 0.169 e. The van der Waals surface area contributed by atoms with Crippen molar-refractivity contribution in [3.63, 3.8) is 0 Å². The maximum atomic E-state index is 5.28. The molecule has 0 bridgehead atoms. The van der Waals surface area contributed by atoms with Crippen LogP contribution in [0.2, 0.25) is 0 Å². The van der Waals surface area contributed by atoms with Crippen molar-refractivity contribution in [2.45, 2.75) is 38.1 Å². The summed E-state index contributed by atoms with van der Waals surface area (Å²) >= 11 is 0. The van der Waals surface area contributed by atoms with Gasteiger partial charge < -0.3 is 9.47 Å². The zero-order chi connectivity index (χ0) is 11.5. The van der Waals surface area contributed by atoms with Gasteiger partial charge in [0, 0.05) is 45.9 Å². The second kappa shape index (κ2) is 5.45. The average molecular weight is 228 g/mol. The molecule has 0 radical (unpaired) electrons. The lowest BCUT2D eigenvalue weighted by molar-refractivity contribution is -0.126. The first kappa shape index (κ1) is 12.3. The van der Waals surface area contributed by atoms with E-state index in [0.717, 1.165) is 12.6 Å². The molecule has 0 aliphatic carbocycles. The van der Waals surface area contributed by atoms with Gasteiger partial charge >= 0.3 is 0 Å². The lowest BCUT2D eigenvalue weighted by Gasteiger charge is -2.43. The molecule has 0 saturated carbocycles. The first-order valence-electron chi connectivity index (χ1n) is 6.28. The van der Waals surface area contributed by atoms with Crippen LogP contribution in [0.1, 0.15) is 19.8 Å². The molecule has 2 fully saturated rings. The SMILES string of the molecule is COC(CN1CC2CCCN2CC1C)OC. The Morgan fingerprint density at radius 2 is 2.00 bits per heavy atom. The Kier molecular flexibility index (Phi) is 4.19. The third-order valence-corrected chi connectivity index (χ3v) is 3.98. The lowest BCUT2D eigenvalue weighted by Crippen LogP contribution is -2.56. The van der Waals surface area contributed by atoms with E-state index in [-0.39, 0.29) is 6.29 Å². The Morgan fingerprint density at radius 3 is 2.69 bits per heavy atom. The van der Waals surface area contributed by atoms with E-state index in [9.17, 15) is 0 Å². The van der Waals surface area contributed by atoms with Crippen molar-refractivity contribution in [3.05, 3.63) is 0 Å². The zero-order valence-electron chi connectivity index (χ0n) is 10.7. The van der Waals surface area contributed by atoms with E-state index < -0.39 is 0 Å². The van der Waals surface area contributed by atoms with Gasteiger partial charge in [0.05, 0.1) is 0 Å². The number of piperazine rings is 1. The Hall–Kier alpha value is -0.160. The third-order valence-electron chi connectivity index (χ3n) is 3.98. The van der Waals surface area contributed by atoms with E-state index in [1.807, 2.05) is 0 Å². The molecule has 2 atom stereocenters. The normalized spacial score (nSPS) is 32.2. The number of hydrogen-bond acceptors (Lipinski definition) is 4. The van der Waals surface area contributed by atoms with E-state index in [4.69, 9.17) is 9.47 Å². The summed E-state index contributed by atoms with van der Waals surface area (Å²) in [4.78, 5) is 5.14. The van der Waals surface area contributed by atoms with Gasteiger partial charge in [0.15, 0.2) is 6.29 Å². The molecule has 2 saturated heterocycles. The van der Waals surface area contributed by atoms with Crippen molar-refractivity contribution in [3.8, 4) is 0 Å². The van der Waals surface area contributed by atoms with E-state index in [2.05, 4.69) is 16.7 Å². The molecular formula is C12H24N2O2. The summed E-state index contributed by atoms with van der Waals surface area (Å²) in [5.41, 5.74) is 0. The van der Waals surface area contributed by atoms with Crippen LogP contribution < -0.4 is 0 Å². The van der Waals surface area contributed by atoms with Gasteiger partial charge in [-0.1, -0.05) is 0 Å². The minimum absolute atomic E-state index is 0.0876. The summed E-state index contributed by atoms with van der Waals surface area (Å²) in [7, 11) is 3.43. The molecule has 2 heterocycles. The molecule has 94 valence electrons. The molecule has 0 aromatic carbocycles. The monoisotopic (exact) mass is 228 g/mol. The highest BCUT2D eigenvalue weighted by Crippen LogP contribution is 2.24. The third kappa shape index (κ3) is 2.56. The highest BCUT2D eigenvalue weighted by Gasteiger charge is 2.34. The molecular weight excluding hydrogens is 204 g/mol. The predicted octanol–water partition coefficient (Wildman–Crippen LogP) is 0.774. The fourth-order valence-corrected chi connectivity index (χ4v) is 2.94. The van der Waals surface area contributed by atoms with Crippen molar-refractivity contribution >= 4 is 0 Å². The second-order valence-corrected chi connectivity index (χ2v) is 4.99. The van der Waals surface area contributed by atoms with Gasteiger partial charge in [0.25, 0.3) is 0 Å². The summed E-state index contributed by atoms with van der Waals surface area (Å²) in [6.07, 6.45) is 2.63. The van der Waals surface area contributed by atoms with Gasteiger partial charge in [-0.25, -0.2) is 0 Å². The summed E-state index contributed by atoms with van der Waals surface area (Å²) < 4.78 is 10.6. The van der Waals surface area contributed by atoms with Crippen LogP contribution in [0.3, 0.4) is 0 Å². The minimum atomic E-state index is -0.0876. The zero-order valence-corrected chi connectivity index (χ0v) is 10.7. The second-order valence-electron chi connectivity index (χ2n) is 4.99. The van der Waals surface area contributed by atoms with Crippen molar-refractivity contribution < 1.29 is 9.47 Å². The molecule has 4 nitrogen and oxygen atoms in total. The van der Waals surface area contributed by atoms with Crippen LogP contribution in [-0.2, 0) is 9.47 Å². The van der Waals surface area contributed by atoms with Crippen molar-refractivity contribution in [1.29, 1.82) is 0 Å². The molecule has 0 N–H and O–H groups in total. The number of hydrogen-bond donors (Lipinski definition) is 0. The fourth-order valence-electron chi connectivity index (χ4n) is 2.94. The van der Waals surface area contributed by atoms with Gasteiger partial charge in [0.2, 0.25) is 0 Å². The van der Waals surface area contributed by atoms with Gasteiger partial charge in [-0.3, -0.25) is 9.80 Å². The maximum Gasteiger partial charge on any atom is 0.169 e. The first-order chi connectivity index (χ1) is 7.74. The Labute approximate surface area is 98.5 Å².